The average Bonchev–Trinajstić information content (AvgIpc) is 2.06. The van der Waals surface area contributed by atoms with Gasteiger partial charge in [-0.05, 0) is 46.0 Å². The van der Waals surface area contributed by atoms with E-state index in [9.17, 15) is 9.59 Å². The topological polar surface area (TPSA) is 75.6 Å². The molecule has 0 radical (unpaired) electrons. The Balaban J connectivity index is 2.60. The van der Waals surface area contributed by atoms with E-state index in [2.05, 4.69) is 5.32 Å². The van der Waals surface area contributed by atoms with Gasteiger partial charge in [0.25, 0.3) is 0 Å². The number of nitrogens with one attached hydrogen (secondary N) is 1. The Morgan fingerprint density at radius 2 is 1.94 bits per heavy atom. The first-order valence-corrected chi connectivity index (χ1v) is 6.38. The maximum absolute atomic E-state index is 11.8. The van der Waals surface area contributed by atoms with E-state index in [4.69, 9.17) is 9.84 Å². The molecule has 1 rings (SSSR count). The lowest BCUT2D eigenvalue weighted by Gasteiger charge is -2.46. The van der Waals surface area contributed by atoms with Gasteiger partial charge in [-0.1, -0.05) is 6.92 Å². The fourth-order valence-corrected chi connectivity index (χ4v) is 2.26. The SMILES string of the molecule is CC(CC(=O)O)C1(NC(=O)OC(C)(C)C)CCC1. The lowest BCUT2D eigenvalue weighted by atomic mass is 9.67. The van der Waals surface area contributed by atoms with Crippen LogP contribution in [-0.4, -0.2) is 28.3 Å². The zero-order chi connectivity index (χ0) is 14.0. The van der Waals surface area contributed by atoms with Gasteiger partial charge in [0.15, 0.2) is 0 Å². The van der Waals surface area contributed by atoms with Crippen molar-refractivity contribution in [3.8, 4) is 0 Å². The van der Waals surface area contributed by atoms with Crippen LogP contribution < -0.4 is 5.32 Å². The van der Waals surface area contributed by atoms with Crippen LogP contribution in [-0.2, 0) is 9.53 Å². The molecule has 0 aromatic carbocycles. The normalized spacial score (nSPS) is 19.6. The second-order valence-electron chi connectivity index (χ2n) is 6.14. The van der Waals surface area contributed by atoms with E-state index >= 15 is 0 Å². The van der Waals surface area contributed by atoms with E-state index < -0.39 is 23.2 Å². The van der Waals surface area contributed by atoms with Gasteiger partial charge in [-0.25, -0.2) is 4.79 Å². The molecule has 1 atom stereocenters. The zero-order valence-corrected chi connectivity index (χ0v) is 11.6. The summed E-state index contributed by atoms with van der Waals surface area (Å²) in [7, 11) is 0. The number of carbonyl (C=O) groups excluding carboxylic acids is 1. The number of hydrogen-bond donors (Lipinski definition) is 2. The first-order valence-electron chi connectivity index (χ1n) is 6.38. The monoisotopic (exact) mass is 257 g/mol. The summed E-state index contributed by atoms with van der Waals surface area (Å²) in [6, 6.07) is 0. The molecule has 104 valence electrons. The summed E-state index contributed by atoms with van der Waals surface area (Å²) in [4.78, 5) is 22.5. The van der Waals surface area contributed by atoms with Crippen LogP contribution in [0.4, 0.5) is 4.79 Å². The van der Waals surface area contributed by atoms with Crippen molar-refractivity contribution in [2.75, 3.05) is 0 Å². The number of ether oxygens (including phenoxy) is 1. The molecule has 1 unspecified atom stereocenters. The maximum atomic E-state index is 11.8. The summed E-state index contributed by atoms with van der Waals surface area (Å²) >= 11 is 0. The van der Waals surface area contributed by atoms with Crippen LogP contribution in [0.3, 0.4) is 0 Å². The lowest BCUT2D eigenvalue weighted by Crippen LogP contribution is -2.58. The smallest absolute Gasteiger partial charge is 0.408 e. The molecular formula is C13H23NO4. The number of rotatable bonds is 4. The molecule has 0 aliphatic heterocycles. The molecule has 18 heavy (non-hydrogen) atoms. The highest BCUT2D eigenvalue weighted by Gasteiger charge is 2.44. The molecule has 1 aliphatic carbocycles. The Morgan fingerprint density at radius 1 is 1.39 bits per heavy atom. The molecule has 1 saturated carbocycles. The first-order chi connectivity index (χ1) is 8.15. The number of hydrogen-bond acceptors (Lipinski definition) is 3. The Hall–Kier alpha value is -1.26. The van der Waals surface area contributed by atoms with Gasteiger partial charge in [-0.2, -0.15) is 0 Å². The Labute approximate surface area is 108 Å². The summed E-state index contributed by atoms with van der Waals surface area (Å²) in [5, 5.41) is 11.7. The molecule has 1 aliphatic rings. The highest BCUT2D eigenvalue weighted by Crippen LogP contribution is 2.40. The second kappa shape index (κ2) is 5.16. The summed E-state index contributed by atoms with van der Waals surface area (Å²) in [6.45, 7) is 7.28. The van der Waals surface area contributed by atoms with Gasteiger partial charge in [0.05, 0.1) is 6.42 Å². The Morgan fingerprint density at radius 3 is 2.28 bits per heavy atom. The maximum Gasteiger partial charge on any atom is 0.408 e. The number of amides is 1. The Bertz CT molecular complexity index is 328. The standard InChI is InChI=1S/C13H23NO4/c1-9(8-10(15)16)13(6-5-7-13)14-11(17)18-12(2,3)4/h9H,5-8H2,1-4H3,(H,14,17)(H,15,16). The molecule has 0 aromatic rings. The van der Waals surface area contributed by atoms with Crippen molar-refractivity contribution in [2.45, 2.75) is 64.5 Å². The number of alkyl carbamates (subject to hydrolysis) is 1. The third kappa shape index (κ3) is 3.89. The minimum atomic E-state index is -0.834. The van der Waals surface area contributed by atoms with Crippen LogP contribution in [0.1, 0.15) is 53.4 Å². The number of aliphatic carboxylic acids is 1. The highest BCUT2D eigenvalue weighted by molar-refractivity contribution is 5.70. The van der Waals surface area contributed by atoms with E-state index in [1.54, 1.807) is 20.8 Å². The van der Waals surface area contributed by atoms with Crippen LogP contribution in [0, 0.1) is 5.92 Å². The van der Waals surface area contributed by atoms with E-state index in [-0.39, 0.29) is 12.3 Å². The van der Waals surface area contributed by atoms with Crippen molar-refractivity contribution in [1.82, 2.24) is 5.32 Å². The molecule has 0 aromatic heterocycles. The largest absolute Gasteiger partial charge is 0.481 e. The molecule has 5 nitrogen and oxygen atoms in total. The fraction of sp³-hybridized carbons (Fsp3) is 0.846. The van der Waals surface area contributed by atoms with E-state index in [1.807, 2.05) is 6.92 Å². The lowest BCUT2D eigenvalue weighted by molar-refractivity contribution is -0.139. The van der Waals surface area contributed by atoms with Crippen LogP contribution >= 0.6 is 0 Å². The van der Waals surface area contributed by atoms with Crippen LogP contribution in [0.15, 0.2) is 0 Å². The van der Waals surface area contributed by atoms with Crippen LogP contribution in [0.25, 0.3) is 0 Å². The van der Waals surface area contributed by atoms with Gasteiger partial charge in [-0.15, -0.1) is 0 Å². The highest BCUT2D eigenvalue weighted by atomic mass is 16.6. The third-order valence-electron chi connectivity index (χ3n) is 3.42. The third-order valence-corrected chi connectivity index (χ3v) is 3.42. The first kappa shape index (κ1) is 14.8. The fourth-order valence-electron chi connectivity index (χ4n) is 2.26. The van der Waals surface area contributed by atoms with Crippen molar-refractivity contribution < 1.29 is 19.4 Å². The molecule has 2 N–H and O–H groups in total. The molecule has 1 fully saturated rings. The van der Waals surface area contributed by atoms with Gasteiger partial charge in [-0.3, -0.25) is 4.79 Å². The van der Waals surface area contributed by atoms with E-state index in [1.165, 1.54) is 0 Å². The van der Waals surface area contributed by atoms with Crippen molar-refractivity contribution in [1.29, 1.82) is 0 Å². The van der Waals surface area contributed by atoms with Gasteiger partial charge in [0, 0.05) is 5.54 Å². The molecule has 0 bridgehead atoms. The molecule has 5 heteroatoms. The van der Waals surface area contributed by atoms with Crippen molar-refractivity contribution in [2.24, 2.45) is 5.92 Å². The zero-order valence-electron chi connectivity index (χ0n) is 11.6. The van der Waals surface area contributed by atoms with Gasteiger partial charge < -0.3 is 15.2 Å². The predicted molar refractivity (Wildman–Crippen MR) is 67.4 cm³/mol. The molecule has 0 spiro atoms. The predicted octanol–water partition coefficient (Wildman–Crippen LogP) is 2.54. The summed E-state index contributed by atoms with van der Waals surface area (Å²) in [6.07, 6.45) is 2.26. The van der Waals surface area contributed by atoms with E-state index in [0.29, 0.717) is 0 Å². The molecule has 0 saturated heterocycles. The summed E-state index contributed by atoms with van der Waals surface area (Å²) < 4.78 is 5.23. The Kier molecular flexibility index (Phi) is 4.24. The number of carbonyl (C=O) groups is 2. The molecular weight excluding hydrogens is 234 g/mol. The quantitative estimate of drug-likeness (QED) is 0.811. The second-order valence-corrected chi connectivity index (χ2v) is 6.14. The van der Waals surface area contributed by atoms with Crippen LogP contribution in [0.5, 0.6) is 0 Å². The molecule has 1 amide bonds. The average molecular weight is 257 g/mol. The van der Waals surface area contributed by atoms with Crippen LogP contribution in [0.2, 0.25) is 0 Å². The number of carboxylic acids is 1. The van der Waals surface area contributed by atoms with Gasteiger partial charge >= 0.3 is 12.1 Å². The summed E-state index contributed by atoms with van der Waals surface area (Å²) in [5.74, 6) is -0.920. The molecule has 0 heterocycles. The van der Waals surface area contributed by atoms with Crippen molar-refractivity contribution >= 4 is 12.1 Å². The van der Waals surface area contributed by atoms with Gasteiger partial charge in [0.2, 0.25) is 0 Å². The van der Waals surface area contributed by atoms with Crippen molar-refractivity contribution in [3.05, 3.63) is 0 Å². The van der Waals surface area contributed by atoms with E-state index in [0.717, 1.165) is 19.3 Å². The minimum absolute atomic E-state index is 0.0653. The summed E-state index contributed by atoms with van der Waals surface area (Å²) in [5.41, 5.74) is -0.939. The number of carboxylic acid groups (broad SMARTS) is 1. The minimum Gasteiger partial charge on any atom is -0.481 e. The van der Waals surface area contributed by atoms with Gasteiger partial charge in [0.1, 0.15) is 5.60 Å². The van der Waals surface area contributed by atoms with Crippen molar-refractivity contribution in [3.63, 3.8) is 0 Å².